The Balaban J connectivity index is 1.68. The van der Waals surface area contributed by atoms with Gasteiger partial charge < -0.3 is 15.2 Å². The molecule has 0 aliphatic heterocycles. The maximum absolute atomic E-state index is 12.8. The summed E-state index contributed by atoms with van der Waals surface area (Å²) in [4.78, 5) is 4.38. The number of anilines is 1. The summed E-state index contributed by atoms with van der Waals surface area (Å²) in [6, 6.07) is 6.03. The molecule has 3 aromatic heterocycles. The van der Waals surface area contributed by atoms with Crippen molar-refractivity contribution in [2.75, 3.05) is 5.32 Å². The summed E-state index contributed by atoms with van der Waals surface area (Å²) in [6.07, 6.45) is 3.45. The lowest BCUT2D eigenvalue weighted by Gasteiger charge is -2.15. The van der Waals surface area contributed by atoms with E-state index in [9.17, 15) is 13.9 Å². The van der Waals surface area contributed by atoms with Crippen molar-refractivity contribution in [2.45, 2.75) is 19.8 Å². The molecule has 11 heteroatoms. The fourth-order valence-corrected chi connectivity index (χ4v) is 3.06. The number of H-pyrrole nitrogens is 1. The molecule has 0 spiro atoms. The molecule has 150 valence electrons. The lowest BCUT2D eigenvalue weighted by molar-refractivity contribution is -0.0494. The highest BCUT2D eigenvalue weighted by Gasteiger charge is 2.20. The number of aromatic nitrogens is 5. The van der Waals surface area contributed by atoms with Crippen molar-refractivity contribution in [3.63, 3.8) is 0 Å². The first-order valence-corrected chi connectivity index (χ1v) is 8.84. The van der Waals surface area contributed by atoms with Crippen LogP contribution in [0.1, 0.15) is 17.5 Å². The molecule has 0 saturated heterocycles. The van der Waals surface area contributed by atoms with Crippen molar-refractivity contribution in [3.8, 4) is 17.0 Å². The number of halogens is 3. The van der Waals surface area contributed by atoms with Crippen LogP contribution >= 0.6 is 11.6 Å². The quantitative estimate of drug-likeness (QED) is 0.410. The number of fused-ring (bicyclic) bond motifs is 1. The van der Waals surface area contributed by atoms with Gasteiger partial charge in [-0.15, -0.1) is 0 Å². The van der Waals surface area contributed by atoms with Crippen LogP contribution in [0.25, 0.3) is 16.9 Å². The van der Waals surface area contributed by atoms with Crippen molar-refractivity contribution in [3.05, 3.63) is 59.1 Å². The predicted octanol–water partition coefficient (Wildman–Crippen LogP) is 3.79. The molecule has 4 aromatic rings. The van der Waals surface area contributed by atoms with Crippen LogP contribution in [-0.2, 0) is 0 Å². The maximum Gasteiger partial charge on any atom is 0.387 e. The number of alkyl halides is 2. The number of nitrogens with zero attached hydrogens (tertiary/aromatic N) is 4. The van der Waals surface area contributed by atoms with Gasteiger partial charge in [0.1, 0.15) is 5.75 Å². The summed E-state index contributed by atoms with van der Waals surface area (Å²) in [6.45, 7) is -1.18. The van der Waals surface area contributed by atoms with Crippen LogP contribution in [0.15, 0.2) is 42.9 Å². The van der Waals surface area contributed by atoms with Gasteiger partial charge in [-0.3, -0.25) is 5.10 Å². The number of nitrogens with one attached hydrogen (secondary N) is 2. The van der Waals surface area contributed by atoms with Crippen LogP contribution in [0.3, 0.4) is 0 Å². The van der Waals surface area contributed by atoms with Crippen molar-refractivity contribution in [1.29, 1.82) is 0 Å². The number of hydrogen-bond donors (Lipinski definition) is 3. The lowest BCUT2D eigenvalue weighted by Crippen LogP contribution is -2.10. The van der Waals surface area contributed by atoms with Gasteiger partial charge >= 0.3 is 6.61 Å². The van der Waals surface area contributed by atoms with Gasteiger partial charge in [-0.2, -0.15) is 19.0 Å². The van der Waals surface area contributed by atoms with E-state index in [1.165, 1.54) is 35.1 Å². The Morgan fingerprint density at radius 2 is 2.10 bits per heavy atom. The zero-order chi connectivity index (χ0) is 20.5. The number of aromatic amines is 1. The molecule has 8 nitrogen and oxygen atoms in total. The molecule has 3 heterocycles. The number of ether oxygens (including phenoxy) is 1. The Morgan fingerprint density at radius 1 is 1.28 bits per heavy atom. The molecule has 29 heavy (non-hydrogen) atoms. The van der Waals surface area contributed by atoms with Gasteiger partial charge in [-0.05, 0) is 31.2 Å². The fraction of sp³-hybridized carbons (Fsp3) is 0.167. The standard InChI is InChI=1S/C18H15ClF2N6O2/c1-9-4-5-27-16(24-9)12(7-23-27)17(28)25-13-8-22-26-15(13)11-6-10(19)2-3-14(11)29-18(20)21/h2-8,17-18,25,28H,1H3,(H,22,26). The summed E-state index contributed by atoms with van der Waals surface area (Å²) in [5.74, 6) is -0.0838. The molecule has 1 unspecified atom stereocenters. The van der Waals surface area contributed by atoms with Gasteiger partial charge in [-0.25, -0.2) is 9.50 Å². The normalized spacial score (nSPS) is 12.5. The average molecular weight is 421 g/mol. The summed E-state index contributed by atoms with van der Waals surface area (Å²) in [7, 11) is 0. The van der Waals surface area contributed by atoms with Crippen LogP contribution in [0.5, 0.6) is 5.75 Å². The SMILES string of the molecule is Cc1ccn2ncc(C(O)Nc3cn[nH]c3-c3cc(Cl)ccc3OC(F)F)c2n1. The Bertz CT molecular complexity index is 1160. The van der Waals surface area contributed by atoms with E-state index >= 15 is 0 Å². The van der Waals surface area contributed by atoms with E-state index in [4.69, 9.17) is 11.6 Å². The minimum absolute atomic E-state index is 0.0838. The minimum atomic E-state index is -3.01. The molecule has 0 fully saturated rings. The number of aliphatic hydroxyl groups is 1. The van der Waals surface area contributed by atoms with Crippen LogP contribution < -0.4 is 10.1 Å². The Kier molecular flexibility index (Phi) is 5.03. The molecular formula is C18H15ClF2N6O2. The van der Waals surface area contributed by atoms with E-state index in [0.29, 0.717) is 27.6 Å². The molecule has 1 aromatic carbocycles. The summed E-state index contributed by atoms with van der Waals surface area (Å²) in [5, 5.41) is 24.7. The third-order valence-corrected chi connectivity index (χ3v) is 4.42. The largest absolute Gasteiger partial charge is 0.434 e. The summed E-state index contributed by atoms with van der Waals surface area (Å²) >= 11 is 6.02. The van der Waals surface area contributed by atoms with Crippen LogP contribution in [0.2, 0.25) is 5.02 Å². The smallest absolute Gasteiger partial charge is 0.387 e. The summed E-state index contributed by atoms with van der Waals surface area (Å²) < 4.78 is 31.6. The first-order valence-electron chi connectivity index (χ1n) is 8.46. The molecule has 0 radical (unpaired) electrons. The average Bonchev–Trinajstić information content (AvgIpc) is 3.29. The topological polar surface area (TPSA) is 100 Å². The molecule has 0 saturated carbocycles. The zero-order valence-corrected chi connectivity index (χ0v) is 15.7. The molecule has 4 rings (SSSR count). The molecule has 1 atom stereocenters. The highest BCUT2D eigenvalue weighted by atomic mass is 35.5. The summed E-state index contributed by atoms with van der Waals surface area (Å²) in [5.41, 5.74) is 2.63. The highest BCUT2D eigenvalue weighted by Crippen LogP contribution is 2.37. The van der Waals surface area contributed by atoms with Crippen molar-refractivity contribution >= 4 is 22.9 Å². The fourth-order valence-electron chi connectivity index (χ4n) is 2.89. The predicted molar refractivity (Wildman–Crippen MR) is 102 cm³/mol. The Morgan fingerprint density at radius 3 is 2.90 bits per heavy atom. The van der Waals surface area contributed by atoms with Gasteiger partial charge in [0.15, 0.2) is 11.9 Å². The molecule has 3 N–H and O–H groups in total. The van der Waals surface area contributed by atoms with Gasteiger partial charge in [-0.1, -0.05) is 11.6 Å². The van der Waals surface area contributed by atoms with Gasteiger partial charge in [0.05, 0.1) is 29.3 Å². The van der Waals surface area contributed by atoms with E-state index in [-0.39, 0.29) is 11.3 Å². The molecule has 0 bridgehead atoms. The third kappa shape index (κ3) is 3.84. The first-order chi connectivity index (χ1) is 13.9. The lowest BCUT2D eigenvalue weighted by atomic mass is 10.1. The zero-order valence-electron chi connectivity index (χ0n) is 15.0. The first kappa shape index (κ1) is 19.1. The van der Waals surface area contributed by atoms with Gasteiger partial charge in [0.2, 0.25) is 0 Å². The molecule has 0 aliphatic rings. The number of benzene rings is 1. The molecule has 0 aliphatic carbocycles. The monoisotopic (exact) mass is 420 g/mol. The van der Waals surface area contributed by atoms with Crippen molar-refractivity contribution < 1.29 is 18.6 Å². The Hall–Kier alpha value is -3.24. The number of hydrogen-bond acceptors (Lipinski definition) is 6. The second-order valence-corrected chi connectivity index (χ2v) is 6.60. The second kappa shape index (κ2) is 7.64. The minimum Gasteiger partial charge on any atom is -0.434 e. The van der Waals surface area contributed by atoms with Crippen LogP contribution in [0, 0.1) is 6.92 Å². The Labute approximate surface area is 168 Å². The van der Waals surface area contributed by atoms with E-state index < -0.39 is 12.8 Å². The second-order valence-electron chi connectivity index (χ2n) is 6.16. The number of aliphatic hydroxyl groups excluding tert-OH is 1. The van der Waals surface area contributed by atoms with Crippen molar-refractivity contribution in [1.82, 2.24) is 24.8 Å². The van der Waals surface area contributed by atoms with Gasteiger partial charge in [0.25, 0.3) is 0 Å². The molecule has 0 amide bonds. The van der Waals surface area contributed by atoms with Gasteiger partial charge in [0, 0.05) is 22.5 Å². The third-order valence-electron chi connectivity index (χ3n) is 4.19. The van der Waals surface area contributed by atoms with E-state index in [1.807, 2.05) is 6.92 Å². The highest BCUT2D eigenvalue weighted by molar-refractivity contribution is 6.31. The van der Waals surface area contributed by atoms with E-state index in [0.717, 1.165) is 5.69 Å². The van der Waals surface area contributed by atoms with Crippen LogP contribution in [-0.4, -0.2) is 36.5 Å². The van der Waals surface area contributed by atoms with Crippen LogP contribution in [0.4, 0.5) is 14.5 Å². The van der Waals surface area contributed by atoms with Crippen molar-refractivity contribution in [2.24, 2.45) is 0 Å². The number of rotatable bonds is 6. The van der Waals surface area contributed by atoms with E-state index in [2.05, 4.69) is 30.3 Å². The maximum atomic E-state index is 12.8. The molecular weight excluding hydrogens is 406 g/mol. The number of aryl methyl sites for hydroxylation is 1. The van der Waals surface area contributed by atoms with E-state index in [1.54, 1.807) is 12.3 Å².